The number of aromatic nitrogens is 2. The Hall–Kier alpha value is -3.30. The molecule has 0 unspecified atom stereocenters. The van der Waals surface area contributed by atoms with Gasteiger partial charge in [-0.05, 0) is 24.1 Å². The fourth-order valence-electron chi connectivity index (χ4n) is 3.55. The number of carbonyl (C=O) groups is 2. The van der Waals surface area contributed by atoms with Crippen LogP contribution in [-0.2, 0) is 16.0 Å². The average molecular weight is 466 g/mol. The van der Waals surface area contributed by atoms with E-state index in [1.54, 1.807) is 4.90 Å². The maximum atomic E-state index is 12.5. The zero-order chi connectivity index (χ0) is 23.0. The minimum Gasteiger partial charge on any atom is -0.484 e. The highest BCUT2D eigenvalue weighted by molar-refractivity contribution is 7.18. The molecule has 1 aliphatic rings. The molecule has 4 rings (SSSR count). The molecule has 0 atom stereocenters. The molecule has 2 heterocycles. The van der Waals surface area contributed by atoms with Crippen LogP contribution in [0.15, 0.2) is 54.6 Å². The molecule has 0 aliphatic carbocycles. The molecule has 9 heteroatoms. The third kappa shape index (κ3) is 6.36. The third-order valence-corrected chi connectivity index (χ3v) is 6.37. The van der Waals surface area contributed by atoms with Gasteiger partial charge >= 0.3 is 0 Å². The van der Waals surface area contributed by atoms with Gasteiger partial charge < -0.3 is 9.64 Å². The van der Waals surface area contributed by atoms with E-state index >= 15 is 0 Å². The first-order valence-corrected chi connectivity index (χ1v) is 11.8. The first-order chi connectivity index (χ1) is 16.1. The van der Waals surface area contributed by atoms with Crippen molar-refractivity contribution in [1.29, 1.82) is 0 Å². The van der Waals surface area contributed by atoms with Gasteiger partial charge in [-0.3, -0.25) is 19.8 Å². The lowest BCUT2D eigenvalue weighted by molar-refractivity contribution is -0.135. The predicted molar refractivity (Wildman–Crippen MR) is 128 cm³/mol. The smallest absolute Gasteiger partial charge is 0.260 e. The normalized spacial score (nSPS) is 14.2. The predicted octanol–water partition coefficient (Wildman–Crippen LogP) is 2.93. The lowest BCUT2D eigenvalue weighted by Gasteiger charge is -2.34. The lowest BCUT2D eigenvalue weighted by atomic mass is 10.2. The Labute approximate surface area is 197 Å². The summed E-state index contributed by atoms with van der Waals surface area (Å²) in [6.07, 6.45) is 0.969. The summed E-state index contributed by atoms with van der Waals surface area (Å²) in [6, 6.07) is 17.5. The second kappa shape index (κ2) is 11.0. The summed E-state index contributed by atoms with van der Waals surface area (Å²) in [5.41, 5.74) is 2.20. The van der Waals surface area contributed by atoms with Crippen molar-refractivity contribution >= 4 is 28.3 Å². The summed E-state index contributed by atoms with van der Waals surface area (Å²) in [5.74, 6) is 0.522. The topological polar surface area (TPSA) is 87.7 Å². The summed E-state index contributed by atoms with van der Waals surface area (Å²) in [5, 5.41) is 12.3. The SMILES string of the molecule is CCc1ccc(OCC(=O)N2CCN(CC(=O)Nc3nnc(-c4ccccc4)s3)CC2)cc1. The second-order valence-corrected chi connectivity index (χ2v) is 8.75. The number of aryl methyl sites for hydroxylation is 1. The summed E-state index contributed by atoms with van der Waals surface area (Å²) in [4.78, 5) is 28.7. The first kappa shape index (κ1) is 22.9. The third-order valence-electron chi connectivity index (χ3n) is 5.48. The highest BCUT2D eigenvalue weighted by Gasteiger charge is 2.23. The number of amides is 2. The Kier molecular flexibility index (Phi) is 7.64. The summed E-state index contributed by atoms with van der Waals surface area (Å²) < 4.78 is 5.63. The second-order valence-electron chi connectivity index (χ2n) is 7.77. The molecule has 2 aromatic carbocycles. The van der Waals surface area contributed by atoms with Gasteiger partial charge in [-0.25, -0.2) is 0 Å². The molecule has 1 aliphatic heterocycles. The average Bonchev–Trinajstić information content (AvgIpc) is 3.32. The van der Waals surface area contributed by atoms with Gasteiger partial charge in [-0.2, -0.15) is 0 Å². The van der Waals surface area contributed by atoms with Gasteiger partial charge in [0.15, 0.2) is 6.61 Å². The maximum Gasteiger partial charge on any atom is 0.260 e. The van der Waals surface area contributed by atoms with E-state index in [1.807, 2.05) is 59.5 Å². The molecule has 172 valence electrons. The molecule has 2 amide bonds. The number of ether oxygens (including phenoxy) is 1. The van der Waals surface area contributed by atoms with Crippen LogP contribution in [0.4, 0.5) is 5.13 Å². The number of anilines is 1. The van der Waals surface area contributed by atoms with Crippen molar-refractivity contribution in [3.63, 3.8) is 0 Å². The lowest BCUT2D eigenvalue weighted by Crippen LogP contribution is -2.51. The Morgan fingerprint density at radius 1 is 1.00 bits per heavy atom. The molecule has 0 spiro atoms. The zero-order valence-electron chi connectivity index (χ0n) is 18.6. The van der Waals surface area contributed by atoms with E-state index in [1.165, 1.54) is 16.9 Å². The zero-order valence-corrected chi connectivity index (χ0v) is 19.4. The maximum absolute atomic E-state index is 12.5. The molecular formula is C24H27N5O3S. The van der Waals surface area contributed by atoms with Gasteiger partial charge in [0.25, 0.3) is 5.91 Å². The molecule has 0 radical (unpaired) electrons. The fourth-order valence-corrected chi connectivity index (χ4v) is 4.31. The van der Waals surface area contributed by atoms with Gasteiger partial charge in [0.1, 0.15) is 10.8 Å². The highest BCUT2D eigenvalue weighted by atomic mass is 32.1. The summed E-state index contributed by atoms with van der Waals surface area (Å²) >= 11 is 1.35. The number of hydrogen-bond donors (Lipinski definition) is 1. The molecule has 8 nitrogen and oxygen atoms in total. The highest BCUT2D eigenvalue weighted by Crippen LogP contribution is 2.25. The Bertz CT molecular complexity index is 1060. The summed E-state index contributed by atoms with van der Waals surface area (Å²) in [7, 11) is 0. The van der Waals surface area contributed by atoms with Gasteiger partial charge in [0.2, 0.25) is 11.0 Å². The molecule has 3 aromatic rings. The van der Waals surface area contributed by atoms with Gasteiger partial charge in [0.05, 0.1) is 6.54 Å². The summed E-state index contributed by atoms with van der Waals surface area (Å²) in [6.45, 7) is 4.78. The van der Waals surface area contributed by atoms with Crippen LogP contribution in [0.1, 0.15) is 12.5 Å². The molecule has 1 saturated heterocycles. The number of nitrogens with zero attached hydrogens (tertiary/aromatic N) is 4. The molecule has 0 bridgehead atoms. The van der Waals surface area contributed by atoms with Gasteiger partial charge in [-0.15, -0.1) is 10.2 Å². The van der Waals surface area contributed by atoms with Crippen LogP contribution in [0.25, 0.3) is 10.6 Å². The van der Waals surface area contributed by atoms with Crippen LogP contribution < -0.4 is 10.1 Å². The van der Waals surface area contributed by atoms with Crippen LogP contribution in [0.5, 0.6) is 5.75 Å². The monoisotopic (exact) mass is 465 g/mol. The molecule has 1 fully saturated rings. The van der Waals surface area contributed by atoms with Crippen molar-refractivity contribution in [3.8, 4) is 16.3 Å². The van der Waals surface area contributed by atoms with Crippen molar-refractivity contribution in [3.05, 3.63) is 60.2 Å². The van der Waals surface area contributed by atoms with Crippen molar-refractivity contribution in [2.24, 2.45) is 0 Å². The Balaban J connectivity index is 1.18. The Morgan fingerprint density at radius 2 is 1.73 bits per heavy atom. The molecule has 1 aromatic heterocycles. The van der Waals surface area contributed by atoms with E-state index < -0.39 is 0 Å². The van der Waals surface area contributed by atoms with Crippen molar-refractivity contribution in [1.82, 2.24) is 20.0 Å². The number of carbonyl (C=O) groups excluding carboxylic acids is 2. The quantitative estimate of drug-likeness (QED) is 0.550. The van der Waals surface area contributed by atoms with Crippen molar-refractivity contribution < 1.29 is 14.3 Å². The van der Waals surface area contributed by atoms with E-state index in [2.05, 4.69) is 22.4 Å². The minimum absolute atomic E-state index is 0.0206. The fraction of sp³-hybridized carbons (Fsp3) is 0.333. The van der Waals surface area contributed by atoms with Crippen molar-refractivity contribution in [2.75, 3.05) is 44.6 Å². The van der Waals surface area contributed by atoms with Crippen LogP contribution in [0.3, 0.4) is 0 Å². The molecule has 0 saturated carbocycles. The minimum atomic E-state index is -0.135. The first-order valence-electron chi connectivity index (χ1n) is 11.0. The Morgan fingerprint density at radius 3 is 2.42 bits per heavy atom. The van der Waals surface area contributed by atoms with Gasteiger partial charge in [0, 0.05) is 31.7 Å². The van der Waals surface area contributed by atoms with Crippen LogP contribution in [0, 0.1) is 0 Å². The number of piperazine rings is 1. The van der Waals surface area contributed by atoms with Crippen LogP contribution in [0.2, 0.25) is 0 Å². The molecule has 33 heavy (non-hydrogen) atoms. The number of nitrogens with one attached hydrogen (secondary N) is 1. The van der Waals surface area contributed by atoms with E-state index in [4.69, 9.17) is 4.74 Å². The van der Waals surface area contributed by atoms with E-state index in [0.717, 1.165) is 17.0 Å². The van der Waals surface area contributed by atoms with Crippen molar-refractivity contribution in [2.45, 2.75) is 13.3 Å². The van der Waals surface area contributed by atoms with Crippen LogP contribution >= 0.6 is 11.3 Å². The van der Waals surface area contributed by atoms with E-state index in [9.17, 15) is 9.59 Å². The number of benzene rings is 2. The van der Waals surface area contributed by atoms with Crippen LogP contribution in [-0.4, -0.2) is 71.1 Å². The number of hydrogen-bond acceptors (Lipinski definition) is 7. The van der Waals surface area contributed by atoms with Gasteiger partial charge in [-0.1, -0.05) is 60.7 Å². The molecular weight excluding hydrogens is 438 g/mol. The standard InChI is InChI=1S/C24H27N5O3S/c1-2-18-8-10-20(11-9-18)32-17-22(31)29-14-12-28(13-15-29)16-21(30)25-24-27-26-23(33-24)19-6-4-3-5-7-19/h3-11H,2,12-17H2,1H3,(H,25,27,30). The van der Waals surface area contributed by atoms with E-state index in [0.29, 0.717) is 37.1 Å². The molecule has 1 N–H and O–H groups in total. The number of rotatable bonds is 8. The largest absolute Gasteiger partial charge is 0.484 e. The van der Waals surface area contributed by atoms with E-state index in [-0.39, 0.29) is 25.0 Å².